The van der Waals surface area contributed by atoms with Gasteiger partial charge >= 0.3 is 0 Å². The van der Waals surface area contributed by atoms with Gasteiger partial charge in [-0.2, -0.15) is 0 Å². The average molecular weight is 195 g/mol. The second kappa shape index (κ2) is 5.95. The van der Waals surface area contributed by atoms with Crippen molar-refractivity contribution >= 4 is 5.78 Å². The quantitative estimate of drug-likeness (QED) is 0.459. The molecule has 0 radical (unpaired) electrons. The minimum absolute atomic E-state index is 0.0388. The fourth-order valence-electron chi connectivity index (χ4n) is 0.673. The van der Waals surface area contributed by atoms with Gasteiger partial charge in [0, 0.05) is 13.0 Å². The largest absolute Gasteiger partial charge is 0.325 e. The molecule has 0 aromatic carbocycles. The van der Waals surface area contributed by atoms with Crippen LogP contribution < -0.4 is 16.8 Å². The normalized spacial score (nSPS) is 11.7. The first-order valence-corrected chi connectivity index (χ1v) is 4.02. The van der Waals surface area contributed by atoms with Gasteiger partial charge in [0.05, 0.1) is 19.6 Å². The molecule has 0 spiro atoms. The maximum absolute atomic E-state index is 12.5. The van der Waals surface area contributed by atoms with Gasteiger partial charge in [0.25, 0.3) is 5.92 Å². The number of halogens is 2. The predicted octanol–water partition coefficient (Wildman–Crippen LogP) is -0.912. The number of carbonyl (C=O) groups is 1. The van der Waals surface area contributed by atoms with Gasteiger partial charge in [0.1, 0.15) is 0 Å². The number of nitrogens with one attached hydrogen (secondary N) is 1. The number of rotatable bonds is 7. The number of ketones is 1. The standard InChI is InChI=1S/C7H15F2N3O/c8-7(9,5-11)1-2-12-4-6(13)3-10/h12H,1-5,10-11H2. The maximum Gasteiger partial charge on any atom is 0.261 e. The third-order valence-corrected chi connectivity index (χ3v) is 1.52. The van der Waals surface area contributed by atoms with Crippen molar-refractivity contribution in [3.8, 4) is 0 Å². The third-order valence-electron chi connectivity index (χ3n) is 1.52. The number of carbonyl (C=O) groups excluding carboxylic acids is 1. The summed E-state index contributed by atoms with van der Waals surface area (Å²) in [6.07, 6.45) is -0.360. The fraction of sp³-hybridized carbons (Fsp3) is 0.857. The molecule has 6 heteroatoms. The summed E-state index contributed by atoms with van der Waals surface area (Å²) < 4.78 is 25.0. The van der Waals surface area contributed by atoms with Crippen LogP contribution in [0.5, 0.6) is 0 Å². The van der Waals surface area contributed by atoms with E-state index in [0.717, 1.165) is 0 Å². The molecule has 0 aromatic rings. The van der Waals surface area contributed by atoms with Crippen LogP contribution in [0.15, 0.2) is 0 Å². The van der Waals surface area contributed by atoms with Crippen molar-refractivity contribution in [2.75, 3.05) is 26.2 Å². The van der Waals surface area contributed by atoms with E-state index in [1.165, 1.54) is 0 Å². The number of hydrogen-bond acceptors (Lipinski definition) is 4. The Bertz CT molecular complexity index is 164. The number of alkyl halides is 2. The maximum atomic E-state index is 12.5. The molecule has 0 atom stereocenters. The van der Waals surface area contributed by atoms with Gasteiger partial charge in [-0.05, 0) is 0 Å². The third kappa shape index (κ3) is 6.56. The van der Waals surface area contributed by atoms with Gasteiger partial charge in [-0.25, -0.2) is 8.78 Å². The van der Waals surface area contributed by atoms with Crippen LogP contribution >= 0.6 is 0 Å². The van der Waals surface area contributed by atoms with Crippen molar-refractivity contribution in [1.29, 1.82) is 0 Å². The minimum atomic E-state index is -2.85. The van der Waals surface area contributed by atoms with Gasteiger partial charge in [0.15, 0.2) is 5.78 Å². The SMILES string of the molecule is NCC(=O)CNCCC(F)(F)CN. The Balaban J connectivity index is 3.41. The lowest BCUT2D eigenvalue weighted by molar-refractivity contribution is -0.117. The molecule has 0 amide bonds. The van der Waals surface area contributed by atoms with Crippen LogP contribution in [0.1, 0.15) is 6.42 Å². The van der Waals surface area contributed by atoms with Gasteiger partial charge in [-0.15, -0.1) is 0 Å². The van der Waals surface area contributed by atoms with Crippen molar-refractivity contribution < 1.29 is 13.6 Å². The number of Topliss-reactive ketones (excluding diaryl/α,β-unsaturated/α-hetero) is 1. The molecule has 0 aliphatic heterocycles. The minimum Gasteiger partial charge on any atom is -0.325 e. The highest BCUT2D eigenvalue weighted by atomic mass is 19.3. The van der Waals surface area contributed by atoms with Crippen molar-refractivity contribution in [1.82, 2.24) is 5.32 Å². The lowest BCUT2D eigenvalue weighted by atomic mass is 10.2. The molecular formula is C7H15F2N3O. The molecule has 0 rings (SSSR count). The number of nitrogens with two attached hydrogens (primary N) is 2. The number of hydrogen-bond donors (Lipinski definition) is 3. The topological polar surface area (TPSA) is 81.1 Å². The lowest BCUT2D eigenvalue weighted by Gasteiger charge is -2.13. The van der Waals surface area contributed by atoms with E-state index in [-0.39, 0.29) is 31.8 Å². The van der Waals surface area contributed by atoms with Crippen LogP contribution in [-0.4, -0.2) is 37.9 Å². The summed E-state index contributed by atoms with van der Waals surface area (Å²) in [5, 5.41) is 2.56. The second-order valence-electron chi connectivity index (χ2n) is 2.73. The Kier molecular flexibility index (Phi) is 5.68. The van der Waals surface area contributed by atoms with Gasteiger partial charge in [-0.1, -0.05) is 0 Å². The van der Waals surface area contributed by atoms with Crippen LogP contribution in [0.3, 0.4) is 0 Å². The van der Waals surface area contributed by atoms with E-state index >= 15 is 0 Å². The van der Waals surface area contributed by atoms with Crippen molar-refractivity contribution in [3.05, 3.63) is 0 Å². The van der Waals surface area contributed by atoms with Crippen LogP contribution in [0, 0.1) is 0 Å². The summed E-state index contributed by atoms with van der Waals surface area (Å²) in [5.74, 6) is -3.05. The molecule has 0 unspecified atom stereocenters. The van der Waals surface area contributed by atoms with Gasteiger partial charge < -0.3 is 16.8 Å². The van der Waals surface area contributed by atoms with E-state index in [1.54, 1.807) is 0 Å². The molecule has 0 aromatic heterocycles. The van der Waals surface area contributed by atoms with Gasteiger partial charge in [0.2, 0.25) is 0 Å². The van der Waals surface area contributed by atoms with Crippen LogP contribution in [0.25, 0.3) is 0 Å². The van der Waals surface area contributed by atoms with Gasteiger partial charge in [-0.3, -0.25) is 4.79 Å². The van der Waals surface area contributed by atoms with Crippen molar-refractivity contribution in [3.63, 3.8) is 0 Å². The molecular weight excluding hydrogens is 180 g/mol. The average Bonchev–Trinajstić information content (AvgIpc) is 2.12. The highest BCUT2D eigenvalue weighted by Gasteiger charge is 2.25. The molecule has 0 bridgehead atoms. The molecule has 0 fully saturated rings. The van der Waals surface area contributed by atoms with Crippen LogP contribution in [0.4, 0.5) is 8.78 Å². The summed E-state index contributed by atoms with van der Waals surface area (Å²) in [6, 6.07) is 0. The Morgan fingerprint density at radius 3 is 2.46 bits per heavy atom. The smallest absolute Gasteiger partial charge is 0.261 e. The molecule has 0 saturated carbocycles. The summed E-state index contributed by atoms with van der Waals surface area (Å²) in [5.41, 5.74) is 9.82. The molecule has 0 heterocycles. The lowest BCUT2D eigenvalue weighted by Crippen LogP contribution is -2.34. The molecule has 4 nitrogen and oxygen atoms in total. The van der Waals surface area contributed by atoms with E-state index in [0.29, 0.717) is 0 Å². The Labute approximate surface area is 75.7 Å². The van der Waals surface area contributed by atoms with E-state index in [9.17, 15) is 13.6 Å². The molecule has 0 aliphatic carbocycles. The zero-order chi connectivity index (χ0) is 10.3. The fourth-order valence-corrected chi connectivity index (χ4v) is 0.673. The Morgan fingerprint density at radius 1 is 1.38 bits per heavy atom. The second-order valence-corrected chi connectivity index (χ2v) is 2.73. The zero-order valence-corrected chi connectivity index (χ0v) is 7.35. The predicted molar refractivity (Wildman–Crippen MR) is 45.5 cm³/mol. The van der Waals surface area contributed by atoms with E-state index in [2.05, 4.69) is 5.32 Å². The Morgan fingerprint density at radius 2 is 2.00 bits per heavy atom. The first-order valence-electron chi connectivity index (χ1n) is 4.02. The van der Waals surface area contributed by atoms with E-state index < -0.39 is 12.5 Å². The summed E-state index contributed by atoms with van der Waals surface area (Å²) in [7, 11) is 0. The summed E-state index contributed by atoms with van der Waals surface area (Å²) in [6.45, 7) is -0.632. The van der Waals surface area contributed by atoms with Crippen molar-refractivity contribution in [2.45, 2.75) is 12.3 Å². The first kappa shape index (κ1) is 12.4. The molecule has 5 N–H and O–H groups in total. The Hall–Kier alpha value is -0.590. The summed E-state index contributed by atoms with van der Waals surface area (Å²) >= 11 is 0. The molecule has 0 saturated heterocycles. The molecule has 0 aliphatic rings. The monoisotopic (exact) mass is 195 g/mol. The van der Waals surface area contributed by atoms with Crippen molar-refractivity contribution in [2.24, 2.45) is 11.5 Å². The zero-order valence-electron chi connectivity index (χ0n) is 7.35. The molecule has 78 valence electrons. The summed E-state index contributed by atoms with van der Waals surface area (Å²) in [4.78, 5) is 10.6. The van der Waals surface area contributed by atoms with Crippen LogP contribution in [0.2, 0.25) is 0 Å². The van der Waals surface area contributed by atoms with E-state index in [4.69, 9.17) is 11.5 Å². The first-order chi connectivity index (χ1) is 6.02. The highest BCUT2D eigenvalue weighted by molar-refractivity contribution is 5.82. The molecule has 13 heavy (non-hydrogen) atoms. The highest BCUT2D eigenvalue weighted by Crippen LogP contribution is 2.14. The van der Waals surface area contributed by atoms with Crippen LogP contribution in [-0.2, 0) is 4.79 Å². The van der Waals surface area contributed by atoms with E-state index in [1.807, 2.05) is 0 Å².